The van der Waals surface area contributed by atoms with Crippen molar-refractivity contribution in [3.05, 3.63) is 241 Å². The molecule has 344 valence electrons. The molecule has 4 heteroatoms. The summed E-state index contributed by atoms with van der Waals surface area (Å²) in [4.78, 5) is 10.5. The molecule has 0 spiro atoms. The van der Waals surface area contributed by atoms with Gasteiger partial charge >= 0.3 is 0 Å². The van der Waals surface area contributed by atoms with Crippen LogP contribution in [0.25, 0.3) is 122 Å². The van der Waals surface area contributed by atoms with Crippen molar-refractivity contribution in [3.8, 4) is 61.8 Å². The summed E-state index contributed by atoms with van der Waals surface area (Å²) in [6.45, 7) is 8.73. The van der Waals surface area contributed by atoms with Crippen molar-refractivity contribution in [1.82, 2.24) is 14.5 Å². The maximum atomic E-state index is 6.36. The minimum Gasteiger partial charge on any atom is -0.456 e. The van der Waals surface area contributed by atoms with E-state index >= 15 is 0 Å². The molecule has 3 aromatic heterocycles. The summed E-state index contributed by atoms with van der Waals surface area (Å²) < 4.78 is 8.83. The Morgan fingerprint density at radius 3 is 2.01 bits per heavy atom. The van der Waals surface area contributed by atoms with Crippen molar-refractivity contribution in [2.24, 2.45) is 0 Å². The molecule has 14 rings (SSSR count). The topological polar surface area (TPSA) is 43.9 Å². The van der Waals surface area contributed by atoms with Gasteiger partial charge in [-0.05, 0) is 111 Å². The smallest absolute Gasteiger partial charge is 0.160 e. The molecule has 4 nitrogen and oxygen atoms in total. The van der Waals surface area contributed by atoms with Gasteiger partial charge in [-0.3, -0.25) is 0 Å². The van der Waals surface area contributed by atoms with Crippen LogP contribution in [0.5, 0.6) is 0 Å². The van der Waals surface area contributed by atoms with E-state index in [9.17, 15) is 0 Å². The second-order valence-corrected chi connectivity index (χ2v) is 19.2. The van der Waals surface area contributed by atoms with Crippen LogP contribution in [0.2, 0.25) is 0 Å². The second kappa shape index (κ2) is 17.2. The Morgan fingerprint density at radius 1 is 0.472 bits per heavy atom. The fraction of sp³-hybridized carbons (Fsp3) is 0.0882. The number of benzene rings is 9. The van der Waals surface area contributed by atoms with E-state index in [0.29, 0.717) is 5.82 Å². The highest BCUT2D eigenvalue weighted by atomic mass is 16.3. The average Bonchev–Trinajstić information content (AvgIpc) is 3.96. The highest BCUT2D eigenvalue weighted by Gasteiger charge is 2.36. The number of hydrogen-bond donors (Lipinski definition) is 0. The van der Waals surface area contributed by atoms with Crippen LogP contribution in [-0.4, -0.2) is 14.5 Å². The van der Waals surface area contributed by atoms with Crippen LogP contribution < -0.4 is 0 Å². The Morgan fingerprint density at radius 2 is 1.14 bits per heavy atom. The number of nitrogens with zero attached hydrogens (tertiary/aromatic N) is 3. The van der Waals surface area contributed by atoms with Crippen LogP contribution >= 0.6 is 0 Å². The minimum absolute atomic E-state index is 0.0897. The highest BCUT2D eigenvalue weighted by molar-refractivity contribution is 6.23. The molecule has 3 heterocycles. The lowest BCUT2D eigenvalue weighted by Gasteiger charge is -2.23. The summed E-state index contributed by atoms with van der Waals surface area (Å²) >= 11 is 0. The minimum atomic E-state index is -0.0897. The summed E-state index contributed by atoms with van der Waals surface area (Å²) in [7, 11) is 0. The molecule has 0 fully saturated rings. The van der Waals surface area contributed by atoms with E-state index in [1.807, 2.05) is 44.2 Å². The van der Waals surface area contributed by atoms with Gasteiger partial charge in [0.1, 0.15) is 11.2 Å². The van der Waals surface area contributed by atoms with Crippen molar-refractivity contribution in [1.29, 1.82) is 0 Å². The fourth-order valence-corrected chi connectivity index (χ4v) is 11.4. The van der Waals surface area contributed by atoms with Crippen LogP contribution in [-0.2, 0) is 5.41 Å². The first-order chi connectivity index (χ1) is 35.4. The van der Waals surface area contributed by atoms with Gasteiger partial charge in [0.05, 0.1) is 22.4 Å². The molecule has 0 atom stereocenters. The first kappa shape index (κ1) is 43.2. The molecule has 0 aliphatic heterocycles. The predicted octanol–water partition coefficient (Wildman–Crippen LogP) is 18.5. The first-order valence-corrected chi connectivity index (χ1v) is 25.2. The molecule has 0 saturated heterocycles. The van der Waals surface area contributed by atoms with E-state index in [0.717, 1.165) is 73.2 Å². The van der Waals surface area contributed by atoms with E-state index < -0.39 is 0 Å². The number of furan rings is 1. The second-order valence-electron chi connectivity index (χ2n) is 19.2. The van der Waals surface area contributed by atoms with Gasteiger partial charge in [-0.25, -0.2) is 9.97 Å². The molecule has 0 bridgehead atoms. The highest BCUT2D eigenvalue weighted by Crippen LogP contribution is 2.50. The van der Waals surface area contributed by atoms with Gasteiger partial charge in [0, 0.05) is 54.9 Å². The van der Waals surface area contributed by atoms with Crippen LogP contribution in [0.3, 0.4) is 0 Å². The molecule has 0 unspecified atom stereocenters. The van der Waals surface area contributed by atoms with E-state index in [1.54, 1.807) is 0 Å². The van der Waals surface area contributed by atoms with Gasteiger partial charge in [0.2, 0.25) is 0 Å². The van der Waals surface area contributed by atoms with Crippen LogP contribution in [0, 0.1) is 0 Å². The summed E-state index contributed by atoms with van der Waals surface area (Å²) in [5.74, 6) is 0.667. The zero-order valence-corrected chi connectivity index (χ0v) is 40.8. The van der Waals surface area contributed by atoms with Crippen LogP contribution in [0.15, 0.2) is 234 Å². The lowest BCUT2D eigenvalue weighted by atomic mass is 9.80. The molecule has 2 aliphatic carbocycles. The standard InChI is InChI=1S/C66H45N3O.C2H6/c1-66(2)56-28-8-4-7-24-51(56)52-33-30-44(38-57(52)66)43-19-13-20-45(36-43)50-26-15-27-55-63-49-23-10-9-16-41(49)32-35-60(63)69(64(50)55)48-22-14-21-46(37-48)58-40-59(68-65(67-58)42-17-5-3-6-18-42)47-31-34-54-53-25-11-12-29-61(53)70-62(54)39-47;1-2/h3,5-40H,4H2,1-2H3;1-2H3. The predicted molar refractivity (Wildman–Crippen MR) is 303 cm³/mol. The molecule has 0 radical (unpaired) electrons. The summed E-state index contributed by atoms with van der Waals surface area (Å²) in [6.07, 6.45) is 10.2. The molecule has 0 amide bonds. The van der Waals surface area contributed by atoms with Crippen LogP contribution in [0.4, 0.5) is 0 Å². The van der Waals surface area contributed by atoms with Crippen LogP contribution in [0.1, 0.15) is 45.2 Å². The quantitative estimate of drug-likeness (QED) is 0.167. The number of hydrogen-bond acceptors (Lipinski definition) is 3. The van der Waals surface area contributed by atoms with Gasteiger partial charge < -0.3 is 8.98 Å². The number of allylic oxidation sites excluding steroid dienone is 6. The molecule has 12 aromatic rings. The van der Waals surface area contributed by atoms with Crippen molar-refractivity contribution >= 4 is 60.1 Å². The normalized spacial score (nSPS) is 13.7. The van der Waals surface area contributed by atoms with Crippen molar-refractivity contribution < 1.29 is 4.42 Å². The zero-order valence-electron chi connectivity index (χ0n) is 40.8. The summed E-state index contributed by atoms with van der Waals surface area (Å²) in [6, 6.07) is 72.1. The van der Waals surface area contributed by atoms with E-state index in [-0.39, 0.29) is 5.41 Å². The van der Waals surface area contributed by atoms with Gasteiger partial charge in [0.25, 0.3) is 0 Å². The third kappa shape index (κ3) is 6.97. The molecule has 0 N–H and O–H groups in total. The lowest BCUT2D eigenvalue weighted by molar-refractivity contribution is 0.654. The van der Waals surface area contributed by atoms with Gasteiger partial charge in [-0.15, -0.1) is 0 Å². The average molecular weight is 926 g/mol. The Labute approximate surface area is 419 Å². The Bertz CT molecular complexity index is 4240. The zero-order chi connectivity index (χ0) is 48.5. The molecule has 0 saturated carbocycles. The number of rotatable bonds is 6. The third-order valence-corrected chi connectivity index (χ3v) is 14.8. The van der Waals surface area contributed by atoms with Gasteiger partial charge in [-0.1, -0.05) is 198 Å². The maximum absolute atomic E-state index is 6.36. The maximum Gasteiger partial charge on any atom is 0.160 e. The Balaban J connectivity index is 0.00000249. The molecular weight excluding hydrogens is 875 g/mol. The largest absolute Gasteiger partial charge is 0.456 e. The Kier molecular flexibility index (Phi) is 10.3. The van der Waals surface area contributed by atoms with Gasteiger partial charge in [0.15, 0.2) is 5.82 Å². The molecular formula is C68H51N3O. The van der Waals surface area contributed by atoms with Gasteiger partial charge in [-0.2, -0.15) is 0 Å². The van der Waals surface area contributed by atoms with E-state index in [1.165, 1.54) is 66.1 Å². The lowest BCUT2D eigenvalue weighted by Crippen LogP contribution is -2.16. The number of aromatic nitrogens is 3. The van der Waals surface area contributed by atoms with E-state index in [4.69, 9.17) is 14.4 Å². The summed E-state index contributed by atoms with van der Waals surface area (Å²) in [5, 5.41) is 7.10. The molecule has 72 heavy (non-hydrogen) atoms. The molecule has 2 aliphatic rings. The number of fused-ring (bicyclic) bond motifs is 10. The Hall–Kier alpha value is -8.86. The number of para-hydroxylation sites is 2. The molecule has 9 aromatic carbocycles. The summed E-state index contributed by atoms with van der Waals surface area (Å²) in [5.41, 5.74) is 19.8. The van der Waals surface area contributed by atoms with Crippen molar-refractivity contribution in [2.45, 2.75) is 39.5 Å². The SMILES string of the molecule is CC.CC1(C)C2=C(C=CCC=C2)c2ccc(-c3cccc(-c4cccc5c6c7ccccc7ccc6n(-c6cccc(-c7cc(-c8ccc9c(c8)oc8ccccc89)nc(-c8ccccc8)n7)c6)c45)c3)cc21. The first-order valence-electron chi connectivity index (χ1n) is 25.2. The monoisotopic (exact) mass is 925 g/mol. The van der Waals surface area contributed by atoms with E-state index in [2.05, 4.69) is 213 Å². The fourth-order valence-electron chi connectivity index (χ4n) is 11.4. The third-order valence-electron chi connectivity index (χ3n) is 14.8. The van der Waals surface area contributed by atoms with Crippen molar-refractivity contribution in [2.75, 3.05) is 0 Å². The van der Waals surface area contributed by atoms with Crippen molar-refractivity contribution in [3.63, 3.8) is 0 Å².